The number of carbonyl (C=O) groups is 1. The first-order valence-electron chi connectivity index (χ1n) is 13.7. The first-order valence-corrected chi connectivity index (χ1v) is 13.7. The van der Waals surface area contributed by atoms with E-state index in [2.05, 4.69) is 75.2 Å². The fourth-order valence-corrected chi connectivity index (χ4v) is 5.18. The number of carbonyl (C=O) groups excluding carboxylic acids is 1. The van der Waals surface area contributed by atoms with Crippen LogP contribution >= 0.6 is 0 Å². The van der Waals surface area contributed by atoms with Gasteiger partial charge >= 0.3 is 0 Å². The third-order valence-corrected chi connectivity index (χ3v) is 7.49. The number of benzene rings is 3. The van der Waals surface area contributed by atoms with Gasteiger partial charge in [-0.2, -0.15) is 5.10 Å². The Bertz CT molecular complexity index is 1630. The van der Waals surface area contributed by atoms with Gasteiger partial charge in [-0.3, -0.25) is 4.79 Å². The van der Waals surface area contributed by atoms with Crippen LogP contribution in [0.4, 0.5) is 11.4 Å². The van der Waals surface area contributed by atoms with E-state index < -0.39 is 0 Å². The van der Waals surface area contributed by atoms with Crippen LogP contribution in [0.25, 0.3) is 28.9 Å². The van der Waals surface area contributed by atoms with Crippen LogP contribution in [0.2, 0.25) is 0 Å². The molecule has 0 aliphatic carbocycles. The summed E-state index contributed by atoms with van der Waals surface area (Å²) in [7, 11) is 2.02. The molecule has 0 saturated carbocycles. The van der Waals surface area contributed by atoms with Gasteiger partial charge in [-0.15, -0.1) is 0 Å². The fraction of sp³-hybridized carbons (Fsp3) is 0.182. The second-order valence-electron chi connectivity index (χ2n) is 10.0. The lowest BCUT2D eigenvalue weighted by Crippen LogP contribution is -2.41. The topological polar surface area (TPSA) is 74.6 Å². The van der Waals surface area contributed by atoms with Crippen molar-refractivity contribution in [3.63, 3.8) is 0 Å². The third-order valence-electron chi connectivity index (χ3n) is 7.49. The molecule has 1 amide bonds. The Hall–Kier alpha value is -4.75. The standard InChI is InChI=1S/C33H32N6O/c1-34-27-17-20-38(21-18-27)31-10-6-5-9-29(31)37-33(40)30-19-22-39-32(36-30)28(23-35-39)26-15-13-25(14-16-26)12-11-24-7-3-2-4-8-24/h2-16,19,22-23,27,34H,17-18,20-21H2,1H3,(H,37,40)/b12-11+. The van der Waals surface area contributed by atoms with Gasteiger partial charge in [0.05, 0.1) is 17.6 Å². The molecule has 2 aromatic heterocycles. The number of piperidine rings is 1. The first-order chi connectivity index (χ1) is 19.7. The Morgan fingerprint density at radius 2 is 1.57 bits per heavy atom. The number of fused-ring (bicyclic) bond motifs is 1. The molecule has 0 atom stereocenters. The van der Waals surface area contributed by atoms with E-state index in [0.717, 1.165) is 59.6 Å². The lowest BCUT2D eigenvalue weighted by molar-refractivity contribution is 0.102. The quantitative estimate of drug-likeness (QED) is 0.253. The highest BCUT2D eigenvalue weighted by Crippen LogP contribution is 2.29. The zero-order chi connectivity index (χ0) is 27.3. The van der Waals surface area contributed by atoms with Crippen LogP contribution in [0.15, 0.2) is 97.3 Å². The van der Waals surface area contributed by atoms with Gasteiger partial charge in [-0.25, -0.2) is 9.50 Å². The molecule has 1 aliphatic heterocycles. The summed E-state index contributed by atoms with van der Waals surface area (Å²) < 4.78 is 1.70. The largest absolute Gasteiger partial charge is 0.370 e. The number of hydrogen-bond donors (Lipinski definition) is 2. The second kappa shape index (κ2) is 11.6. The molecule has 1 saturated heterocycles. The Morgan fingerprint density at radius 1 is 0.875 bits per heavy atom. The van der Waals surface area contributed by atoms with E-state index in [0.29, 0.717) is 17.4 Å². The number of anilines is 2. The van der Waals surface area contributed by atoms with Crippen molar-refractivity contribution in [1.82, 2.24) is 19.9 Å². The molecule has 1 fully saturated rings. The Kier molecular flexibility index (Phi) is 7.37. The summed E-state index contributed by atoms with van der Waals surface area (Å²) in [5.41, 5.74) is 6.95. The van der Waals surface area contributed by atoms with Crippen molar-refractivity contribution in [3.8, 4) is 11.1 Å². The first kappa shape index (κ1) is 25.5. The molecule has 40 heavy (non-hydrogen) atoms. The summed E-state index contributed by atoms with van der Waals surface area (Å²) in [6, 6.07) is 28.7. The van der Waals surface area contributed by atoms with E-state index in [9.17, 15) is 4.79 Å². The van der Waals surface area contributed by atoms with Gasteiger partial charge in [-0.1, -0.05) is 78.9 Å². The number of hydrogen-bond acceptors (Lipinski definition) is 5. The maximum Gasteiger partial charge on any atom is 0.274 e. The summed E-state index contributed by atoms with van der Waals surface area (Å²) in [4.78, 5) is 20.4. The van der Waals surface area contributed by atoms with Crippen LogP contribution in [-0.2, 0) is 0 Å². The highest BCUT2D eigenvalue weighted by atomic mass is 16.1. The zero-order valence-electron chi connectivity index (χ0n) is 22.5. The molecule has 0 radical (unpaired) electrons. The summed E-state index contributed by atoms with van der Waals surface area (Å²) in [5.74, 6) is -0.242. The molecule has 0 spiro atoms. The van der Waals surface area contributed by atoms with Crippen molar-refractivity contribution < 1.29 is 4.79 Å². The zero-order valence-corrected chi connectivity index (χ0v) is 22.5. The molecule has 3 heterocycles. The Labute approximate surface area is 234 Å². The minimum absolute atomic E-state index is 0.242. The molecule has 0 unspecified atom stereocenters. The Balaban J connectivity index is 1.21. The molecule has 0 bridgehead atoms. The molecular weight excluding hydrogens is 496 g/mol. The van der Waals surface area contributed by atoms with E-state index in [1.54, 1.807) is 23.0 Å². The molecule has 5 aromatic rings. The van der Waals surface area contributed by atoms with Crippen LogP contribution in [-0.4, -0.2) is 46.7 Å². The number of aromatic nitrogens is 3. The SMILES string of the molecule is CNC1CCN(c2ccccc2NC(=O)c2ccn3ncc(-c4ccc(/C=C/c5ccccc5)cc4)c3n2)CC1. The lowest BCUT2D eigenvalue weighted by Gasteiger charge is -2.34. The Morgan fingerprint density at radius 3 is 2.33 bits per heavy atom. The maximum absolute atomic E-state index is 13.4. The van der Waals surface area contributed by atoms with Crippen molar-refractivity contribution in [2.24, 2.45) is 0 Å². The molecule has 1 aliphatic rings. The highest BCUT2D eigenvalue weighted by molar-refractivity contribution is 6.05. The van der Waals surface area contributed by atoms with Crippen LogP contribution < -0.4 is 15.5 Å². The number of amides is 1. The van der Waals surface area contributed by atoms with Crippen LogP contribution in [0.5, 0.6) is 0 Å². The van der Waals surface area contributed by atoms with E-state index >= 15 is 0 Å². The monoisotopic (exact) mass is 528 g/mol. The van der Waals surface area contributed by atoms with Crippen LogP contribution in [0.3, 0.4) is 0 Å². The van der Waals surface area contributed by atoms with Gasteiger partial charge in [0.1, 0.15) is 5.69 Å². The normalized spacial score (nSPS) is 14.2. The van der Waals surface area contributed by atoms with E-state index in [-0.39, 0.29) is 5.91 Å². The van der Waals surface area contributed by atoms with Crippen LogP contribution in [0, 0.1) is 0 Å². The van der Waals surface area contributed by atoms with Crippen molar-refractivity contribution in [2.45, 2.75) is 18.9 Å². The van der Waals surface area contributed by atoms with Crippen molar-refractivity contribution in [1.29, 1.82) is 0 Å². The fourth-order valence-electron chi connectivity index (χ4n) is 5.18. The van der Waals surface area contributed by atoms with Gasteiger partial charge in [-0.05, 0) is 54.8 Å². The minimum Gasteiger partial charge on any atom is -0.370 e. The molecule has 200 valence electrons. The number of para-hydroxylation sites is 2. The molecule has 7 nitrogen and oxygen atoms in total. The predicted octanol–water partition coefficient (Wildman–Crippen LogP) is 6.01. The van der Waals surface area contributed by atoms with Gasteiger partial charge in [0, 0.05) is 30.9 Å². The maximum atomic E-state index is 13.4. The highest BCUT2D eigenvalue weighted by Gasteiger charge is 2.21. The second-order valence-corrected chi connectivity index (χ2v) is 10.0. The van der Waals surface area contributed by atoms with Crippen molar-refractivity contribution in [3.05, 3.63) is 114 Å². The summed E-state index contributed by atoms with van der Waals surface area (Å²) in [6.45, 7) is 1.89. The molecular formula is C33H32N6O. The smallest absolute Gasteiger partial charge is 0.274 e. The van der Waals surface area contributed by atoms with Crippen molar-refractivity contribution in [2.75, 3.05) is 30.4 Å². The van der Waals surface area contributed by atoms with Gasteiger partial charge in [0.15, 0.2) is 5.65 Å². The molecule has 3 aromatic carbocycles. The van der Waals surface area contributed by atoms with Gasteiger partial charge in [0.2, 0.25) is 0 Å². The number of nitrogens with zero attached hydrogens (tertiary/aromatic N) is 4. The van der Waals surface area contributed by atoms with E-state index in [1.807, 2.05) is 43.4 Å². The summed E-state index contributed by atoms with van der Waals surface area (Å²) >= 11 is 0. The minimum atomic E-state index is -0.242. The molecule has 6 rings (SSSR count). The van der Waals surface area contributed by atoms with Crippen LogP contribution in [0.1, 0.15) is 34.5 Å². The number of rotatable bonds is 7. The third kappa shape index (κ3) is 5.51. The van der Waals surface area contributed by atoms with E-state index in [1.165, 1.54) is 0 Å². The average molecular weight is 529 g/mol. The summed E-state index contributed by atoms with van der Waals surface area (Å²) in [6.07, 6.45) is 9.92. The summed E-state index contributed by atoms with van der Waals surface area (Å²) in [5, 5.41) is 10.9. The van der Waals surface area contributed by atoms with Crippen molar-refractivity contribution >= 4 is 35.1 Å². The molecule has 2 N–H and O–H groups in total. The lowest BCUT2D eigenvalue weighted by atomic mass is 10.0. The van der Waals surface area contributed by atoms with E-state index in [4.69, 9.17) is 4.98 Å². The van der Waals surface area contributed by atoms with Gasteiger partial charge < -0.3 is 15.5 Å². The number of nitrogens with one attached hydrogen (secondary N) is 2. The molecule has 7 heteroatoms. The predicted molar refractivity (Wildman–Crippen MR) is 162 cm³/mol. The van der Waals surface area contributed by atoms with Gasteiger partial charge in [0.25, 0.3) is 5.91 Å². The average Bonchev–Trinajstić information content (AvgIpc) is 3.44.